The van der Waals surface area contributed by atoms with Crippen molar-refractivity contribution in [2.24, 2.45) is 10.4 Å². The van der Waals surface area contributed by atoms with Gasteiger partial charge in [-0.3, -0.25) is 4.99 Å². The van der Waals surface area contributed by atoms with Crippen LogP contribution in [-0.4, -0.2) is 43.6 Å². The number of allylic oxidation sites excluding steroid dienone is 2. The smallest absolute Gasteiger partial charge is 0.241 e. The highest BCUT2D eigenvalue weighted by molar-refractivity contribution is 8.93. The summed E-state index contributed by atoms with van der Waals surface area (Å²) in [5.74, 6) is 2.05. The van der Waals surface area contributed by atoms with Crippen molar-refractivity contribution in [3.8, 4) is 17.4 Å². The van der Waals surface area contributed by atoms with Gasteiger partial charge in [-0.2, -0.15) is 4.98 Å². The Morgan fingerprint density at radius 2 is 1.84 bits per heavy atom. The summed E-state index contributed by atoms with van der Waals surface area (Å²) in [7, 11) is 4.93. The minimum atomic E-state index is 0. The molecule has 9 heteroatoms. The highest BCUT2D eigenvalue weighted by Crippen LogP contribution is 2.49. The average molecular weight is 521 g/mol. The molecule has 32 heavy (non-hydrogen) atoms. The van der Waals surface area contributed by atoms with Crippen LogP contribution in [0.25, 0.3) is 0 Å². The second kappa shape index (κ2) is 10.1. The van der Waals surface area contributed by atoms with Crippen LogP contribution in [0.15, 0.2) is 45.1 Å². The van der Waals surface area contributed by atoms with E-state index in [4.69, 9.17) is 19.2 Å². The van der Waals surface area contributed by atoms with Crippen LogP contribution in [0.3, 0.4) is 0 Å². The maximum absolute atomic E-state index is 5.42. The Morgan fingerprint density at radius 3 is 2.56 bits per heavy atom. The van der Waals surface area contributed by atoms with Gasteiger partial charge in [0.05, 0.1) is 31.9 Å². The molecule has 4 rings (SSSR count). The molecule has 0 saturated heterocycles. The number of aliphatic imine (C=N–C) groups is 1. The van der Waals surface area contributed by atoms with Gasteiger partial charge in [0, 0.05) is 12.2 Å². The minimum Gasteiger partial charge on any atom is -0.493 e. The number of hydrogen-bond acceptors (Lipinski definition) is 8. The molecule has 1 N–H and O–H groups in total. The number of nitrogens with one attached hydrogen (secondary N) is 1. The lowest BCUT2D eigenvalue weighted by atomic mass is 9.78. The van der Waals surface area contributed by atoms with Gasteiger partial charge in [-0.05, 0) is 42.4 Å². The average Bonchev–Trinajstić information content (AvgIpc) is 2.76. The van der Waals surface area contributed by atoms with E-state index in [2.05, 4.69) is 35.2 Å². The van der Waals surface area contributed by atoms with Crippen molar-refractivity contribution in [2.45, 2.75) is 38.1 Å². The first-order valence-electron chi connectivity index (χ1n) is 10.3. The quantitative estimate of drug-likeness (QED) is 0.516. The van der Waals surface area contributed by atoms with Crippen LogP contribution in [0.5, 0.6) is 17.4 Å². The Bertz CT molecular complexity index is 1060. The van der Waals surface area contributed by atoms with Gasteiger partial charge >= 0.3 is 0 Å². The van der Waals surface area contributed by atoms with Crippen LogP contribution in [0.1, 0.15) is 32.3 Å². The molecule has 0 amide bonds. The minimum absolute atomic E-state index is 0. The second-order valence-electron chi connectivity index (χ2n) is 8.38. The van der Waals surface area contributed by atoms with Crippen molar-refractivity contribution in [3.63, 3.8) is 0 Å². The summed E-state index contributed by atoms with van der Waals surface area (Å²) in [4.78, 5) is 14.9. The molecular formula is C23H29BrN4O3S. The lowest BCUT2D eigenvalue weighted by molar-refractivity contribution is 0.354. The first-order chi connectivity index (χ1) is 14.9. The molecule has 172 valence electrons. The van der Waals surface area contributed by atoms with E-state index in [-0.39, 0.29) is 22.4 Å². The van der Waals surface area contributed by atoms with Gasteiger partial charge in [0.1, 0.15) is 17.0 Å². The normalized spacial score (nSPS) is 17.6. The number of thioether (sulfide) groups is 1. The molecule has 1 aromatic heterocycles. The first-order valence-corrected chi connectivity index (χ1v) is 11.1. The fourth-order valence-corrected chi connectivity index (χ4v) is 5.01. The van der Waals surface area contributed by atoms with E-state index in [1.165, 1.54) is 16.2 Å². The summed E-state index contributed by atoms with van der Waals surface area (Å²) in [6.07, 6.45) is 4.25. The standard InChI is InChI=1S/C23H28N4O3S.BrH/c1-23(2)11-15(24-9-8-14-6-7-17(28-3)18(10-14)29-4)20-16(12-23)27-19-21(30-5)25-13-26-22(19)31-20;/h6-7,10,13,27H,8-9,11-12H2,1-5H3;1H. The Kier molecular flexibility index (Phi) is 7.71. The number of rotatable bonds is 6. The zero-order valence-corrected chi connectivity index (χ0v) is 21.6. The Labute approximate surface area is 203 Å². The van der Waals surface area contributed by atoms with E-state index < -0.39 is 0 Å². The molecule has 1 aliphatic heterocycles. The largest absolute Gasteiger partial charge is 0.493 e. The monoisotopic (exact) mass is 520 g/mol. The van der Waals surface area contributed by atoms with E-state index in [1.807, 2.05) is 12.1 Å². The fourth-order valence-electron chi connectivity index (χ4n) is 3.98. The van der Waals surface area contributed by atoms with Crippen molar-refractivity contribution >= 4 is 40.1 Å². The number of hydrogen-bond donors (Lipinski definition) is 1. The number of halogens is 1. The molecule has 2 heterocycles. The van der Waals surface area contributed by atoms with Gasteiger partial charge in [-0.25, -0.2) is 4.98 Å². The Morgan fingerprint density at radius 1 is 1.06 bits per heavy atom. The van der Waals surface area contributed by atoms with Gasteiger partial charge < -0.3 is 19.5 Å². The second-order valence-corrected chi connectivity index (χ2v) is 9.38. The third-order valence-electron chi connectivity index (χ3n) is 5.43. The van der Waals surface area contributed by atoms with Crippen molar-refractivity contribution in [2.75, 3.05) is 33.2 Å². The Hall–Kier alpha value is -2.26. The summed E-state index contributed by atoms with van der Waals surface area (Å²) in [5.41, 5.74) is 4.44. The van der Waals surface area contributed by atoms with E-state index in [9.17, 15) is 0 Å². The van der Waals surface area contributed by atoms with Crippen molar-refractivity contribution in [1.82, 2.24) is 9.97 Å². The van der Waals surface area contributed by atoms with E-state index in [1.54, 1.807) is 39.4 Å². The number of anilines is 1. The number of fused-ring (bicyclic) bond motifs is 1. The number of nitrogens with zero attached hydrogens (tertiary/aromatic N) is 3. The predicted octanol–water partition coefficient (Wildman–Crippen LogP) is 5.31. The zero-order chi connectivity index (χ0) is 22.0. The van der Waals surface area contributed by atoms with Crippen LogP contribution >= 0.6 is 28.7 Å². The topological polar surface area (TPSA) is 77.9 Å². The molecule has 0 spiro atoms. The molecule has 2 aromatic rings. The maximum atomic E-state index is 5.42. The molecule has 2 aliphatic rings. The summed E-state index contributed by atoms with van der Waals surface area (Å²) in [5, 5.41) is 4.41. The third kappa shape index (κ3) is 5.04. The molecule has 1 aliphatic carbocycles. The number of benzene rings is 1. The number of methoxy groups -OCH3 is 3. The molecule has 0 radical (unpaired) electrons. The van der Waals surface area contributed by atoms with E-state index >= 15 is 0 Å². The zero-order valence-electron chi connectivity index (χ0n) is 19.0. The van der Waals surface area contributed by atoms with Crippen LogP contribution in [-0.2, 0) is 6.42 Å². The van der Waals surface area contributed by atoms with Crippen molar-refractivity contribution in [1.29, 1.82) is 0 Å². The molecule has 1 aromatic carbocycles. The molecule has 0 fully saturated rings. The highest BCUT2D eigenvalue weighted by atomic mass is 79.9. The van der Waals surface area contributed by atoms with Gasteiger partial charge in [-0.15, -0.1) is 17.0 Å². The SMILES string of the molecule is Br.COc1ccc(CCN=C2CC(C)(C)CC3=C2Sc2ncnc(OC)c2N3)cc1OC. The molecule has 0 saturated carbocycles. The van der Waals surface area contributed by atoms with Crippen LogP contribution in [0, 0.1) is 5.41 Å². The summed E-state index contributed by atoms with van der Waals surface area (Å²) >= 11 is 1.66. The van der Waals surface area contributed by atoms with Crippen LogP contribution in [0.4, 0.5) is 5.69 Å². The lowest BCUT2D eigenvalue weighted by Gasteiger charge is -2.36. The summed E-state index contributed by atoms with van der Waals surface area (Å²) in [6, 6.07) is 6.02. The summed E-state index contributed by atoms with van der Waals surface area (Å²) in [6.45, 7) is 5.26. The number of aromatic nitrogens is 2. The molecule has 0 atom stereocenters. The van der Waals surface area contributed by atoms with Gasteiger partial charge in [0.2, 0.25) is 5.88 Å². The summed E-state index contributed by atoms with van der Waals surface area (Å²) < 4.78 is 16.2. The number of ether oxygens (including phenoxy) is 3. The molecule has 0 bridgehead atoms. The van der Waals surface area contributed by atoms with E-state index in [0.29, 0.717) is 12.4 Å². The van der Waals surface area contributed by atoms with Crippen LogP contribution in [0.2, 0.25) is 0 Å². The lowest BCUT2D eigenvalue weighted by Crippen LogP contribution is -2.29. The molecule has 7 nitrogen and oxygen atoms in total. The Balaban J connectivity index is 0.00000289. The third-order valence-corrected chi connectivity index (χ3v) is 6.62. The fraction of sp³-hybridized carbons (Fsp3) is 0.435. The predicted molar refractivity (Wildman–Crippen MR) is 134 cm³/mol. The van der Waals surface area contributed by atoms with Gasteiger partial charge in [0.15, 0.2) is 11.5 Å². The van der Waals surface area contributed by atoms with Crippen molar-refractivity contribution in [3.05, 3.63) is 40.7 Å². The van der Waals surface area contributed by atoms with Gasteiger partial charge in [0.25, 0.3) is 0 Å². The molecular weight excluding hydrogens is 492 g/mol. The van der Waals surface area contributed by atoms with Gasteiger partial charge in [-0.1, -0.05) is 31.7 Å². The van der Waals surface area contributed by atoms with Crippen molar-refractivity contribution < 1.29 is 14.2 Å². The van der Waals surface area contributed by atoms with Crippen LogP contribution < -0.4 is 19.5 Å². The maximum Gasteiger partial charge on any atom is 0.241 e. The highest BCUT2D eigenvalue weighted by Gasteiger charge is 2.36. The van der Waals surface area contributed by atoms with E-state index in [0.717, 1.165) is 47.2 Å². The molecule has 0 unspecified atom stereocenters. The first kappa shape index (κ1) is 24.4.